The van der Waals surface area contributed by atoms with Crippen LogP contribution in [0, 0.1) is 12.7 Å². The van der Waals surface area contributed by atoms with Gasteiger partial charge in [-0.25, -0.2) is 4.39 Å². The van der Waals surface area contributed by atoms with Crippen LogP contribution in [0.4, 0.5) is 4.39 Å². The number of nitrogens with one attached hydrogen (secondary N) is 1. The molecule has 146 valence electrons. The van der Waals surface area contributed by atoms with Crippen molar-refractivity contribution in [3.8, 4) is 0 Å². The first-order valence-electron chi connectivity index (χ1n) is 9.57. The number of hydrogen-bond donors (Lipinski definition) is 1. The Kier molecular flexibility index (Phi) is 5.12. The molecule has 0 spiro atoms. The number of rotatable bonds is 5. The first-order valence-corrected chi connectivity index (χ1v) is 9.57. The van der Waals surface area contributed by atoms with Gasteiger partial charge < -0.3 is 5.32 Å². The number of halogens is 1. The second kappa shape index (κ2) is 7.87. The van der Waals surface area contributed by atoms with Gasteiger partial charge in [0.2, 0.25) is 0 Å². The van der Waals surface area contributed by atoms with Gasteiger partial charge in [-0.15, -0.1) is 0 Å². The van der Waals surface area contributed by atoms with E-state index in [9.17, 15) is 9.18 Å². The Morgan fingerprint density at radius 1 is 1.07 bits per heavy atom. The molecule has 4 aromatic rings. The summed E-state index contributed by atoms with van der Waals surface area (Å²) >= 11 is 0. The molecule has 0 aliphatic rings. The van der Waals surface area contributed by atoms with Crippen molar-refractivity contribution >= 4 is 16.8 Å². The summed E-state index contributed by atoms with van der Waals surface area (Å²) in [6.07, 6.45) is 1.77. The molecule has 0 bridgehead atoms. The average molecular weight is 387 g/mol. The maximum absolute atomic E-state index is 13.1. The molecule has 0 fully saturated rings. The molecule has 0 saturated heterocycles. The van der Waals surface area contributed by atoms with Gasteiger partial charge in [-0.05, 0) is 49.2 Å². The van der Waals surface area contributed by atoms with Crippen LogP contribution in [-0.4, -0.2) is 15.7 Å². The van der Waals surface area contributed by atoms with E-state index in [2.05, 4.69) is 10.4 Å². The van der Waals surface area contributed by atoms with E-state index >= 15 is 0 Å². The van der Waals surface area contributed by atoms with Gasteiger partial charge in [0.15, 0.2) is 0 Å². The van der Waals surface area contributed by atoms with E-state index in [1.807, 2.05) is 61.0 Å². The van der Waals surface area contributed by atoms with Crippen molar-refractivity contribution in [2.45, 2.75) is 26.4 Å². The van der Waals surface area contributed by atoms with Gasteiger partial charge in [-0.3, -0.25) is 9.48 Å². The third-order valence-corrected chi connectivity index (χ3v) is 5.08. The molecule has 1 heterocycles. The van der Waals surface area contributed by atoms with E-state index < -0.39 is 0 Å². The summed E-state index contributed by atoms with van der Waals surface area (Å²) in [7, 11) is 0. The van der Waals surface area contributed by atoms with Crippen molar-refractivity contribution in [2.24, 2.45) is 0 Å². The van der Waals surface area contributed by atoms with Crippen LogP contribution in [0.3, 0.4) is 0 Å². The van der Waals surface area contributed by atoms with E-state index in [0.29, 0.717) is 12.1 Å². The molecule has 0 unspecified atom stereocenters. The molecule has 4 nitrogen and oxygen atoms in total. The predicted octanol–water partition coefficient (Wildman–Crippen LogP) is 5.02. The zero-order valence-electron chi connectivity index (χ0n) is 16.4. The third kappa shape index (κ3) is 4.19. The lowest BCUT2D eigenvalue weighted by molar-refractivity contribution is 0.0940. The van der Waals surface area contributed by atoms with Crippen LogP contribution in [0.5, 0.6) is 0 Å². The Hall–Kier alpha value is -3.47. The fourth-order valence-corrected chi connectivity index (χ4v) is 3.32. The molecule has 1 amide bonds. The molecule has 0 saturated carbocycles. The second-order valence-corrected chi connectivity index (χ2v) is 7.31. The van der Waals surface area contributed by atoms with E-state index in [-0.39, 0.29) is 17.8 Å². The fraction of sp³-hybridized carbons (Fsp3) is 0.167. The van der Waals surface area contributed by atoms with E-state index in [4.69, 9.17) is 0 Å². The standard InChI is InChI=1S/C24H22FN3O/c1-16-3-7-19(8-4-16)17(2)27-24(29)20-9-10-21-14-26-28(23(21)13-20)15-18-5-11-22(25)12-6-18/h3-14,17H,15H2,1-2H3,(H,27,29)/t17-/m1/s1. The molecule has 5 heteroatoms. The highest BCUT2D eigenvalue weighted by atomic mass is 19.1. The topological polar surface area (TPSA) is 46.9 Å². The smallest absolute Gasteiger partial charge is 0.251 e. The van der Waals surface area contributed by atoms with Crippen molar-refractivity contribution < 1.29 is 9.18 Å². The molecular weight excluding hydrogens is 365 g/mol. The van der Waals surface area contributed by atoms with Crippen molar-refractivity contribution in [1.82, 2.24) is 15.1 Å². The van der Waals surface area contributed by atoms with Crippen molar-refractivity contribution in [3.05, 3.63) is 101 Å². The lowest BCUT2D eigenvalue weighted by atomic mass is 10.1. The van der Waals surface area contributed by atoms with Gasteiger partial charge in [0, 0.05) is 10.9 Å². The molecule has 1 aromatic heterocycles. The quantitative estimate of drug-likeness (QED) is 0.522. The minimum atomic E-state index is -0.263. The number of nitrogens with zero attached hydrogens (tertiary/aromatic N) is 2. The number of aromatic nitrogens is 2. The normalized spacial score (nSPS) is 12.1. The molecular formula is C24H22FN3O. The molecule has 0 aliphatic heterocycles. The molecule has 1 N–H and O–H groups in total. The van der Waals surface area contributed by atoms with Crippen molar-refractivity contribution in [2.75, 3.05) is 0 Å². The molecule has 0 radical (unpaired) electrons. The third-order valence-electron chi connectivity index (χ3n) is 5.08. The van der Waals surface area contributed by atoms with Crippen LogP contribution in [0.25, 0.3) is 10.9 Å². The highest BCUT2D eigenvalue weighted by molar-refractivity contribution is 5.98. The average Bonchev–Trinajstić information content (AvgIpc) is 3.12. The Morgan fingerprint density at radius 3 is 2.52 bits per heavy atom. The zero-order chi connectivity index (χ0) is 20.4. The lowest BCUT2D eigenvalue weighted by Gasteiger charge is -2.15. The molecule has 3 aromatic carbocycles. The van der Waals surface area contributed by atoms with Crippen LogP contribution < -0.4 is 5.32 Å². The largest absolute Gasteiger partial charge is 0.346 e. The van der Waals surface area contributed by atoms with E-state index in [0.717, 1.165) is 22.0 Å². The monoisotopic (exact) mass is 387 g/mol. The molecule has 0 aliphatic carbocycles. The van der Waals surface area contributed by atoms with Crippen LogP contribution >= 0.6 is 0 Å². The first kappa shape index (κ1) is 18.9. The minimum Gasteiger partial charge on any atom is -0.346 e. The van der Waals surface area contributed by atoms with E-state index in [1.54, 1.807) is 18.3 Å². The van der Waals surface area contributed by atoms with Crippen LogP contribution in [-0.2, 0) is 6.54 Å². The summed E-state index contributed by atoms with van der Waals surface area (Å²) in [6, 6.07) is 20.0. The summed E-state index contributed by atoms with van der Waals surface area (Å²) < 4.78 is 15.0. The molecule has 1 atom stereocenters. The Bertz CT molecular complexity index is 1150. The van der Waals surface area contributed by atoms with Crippen LogP contribution in [0.1, 0.15) is 40.0 Å². The number of carbonyl (C=O) groups is 1. The van der Waals surface area contributed by atoms with Gasteiger partial charge in [0.25, 0.3) is 5.91 Å². The number of benzene rings is 3. The van der Waals surface area contributed by atoms with E-state index in [1.165, 1.54) is 17.7 Å². The fourth-order valence-electron chi connectivity index (χ4n) is 3.32. The summed E-state index contributed by atoms with van der Waals surface area (Å²) in [4.78, 5) is 12.8. The lowest BCUT2D eigenvalue weighted by Crippen LogP contribution is -2.26. The predicted molar refractivity (Wildman–Crippen MR) is 112 cm³/mol. The van der Waals surface area contributed by atoms with Gasteiger partial charge in [0.1, 0.15) is 5.82 Å². The number of aryl methyl sites for hydroxylation is 1. The maximum atomic E-state index is 13.1. The van der Waals surface area contributed by atoms with Crippen LogP contribution in [0.15, 0.2) is 72.9 Å². The summed E-state index contributed by atoms with van der Waals surface area (Å²) in [5, 5.41) is 8.43. The summed E-state index contributed by atoms with van der Waals surface area (Å²) in [5.41, 5.74) is 4.64. The first-order chi connectivity index (χ1) is 14.0. The number of hydrogen-bond acceptors (Lipinski definition) is 2. The zero-order valence-corrected chi connectivity index (χ0v) is 16.4. The highest BCUT2D eigenvalue weighted by Gasteiger charge is 2.13. The number of amides is 1. The van der Waals surface area contributed by atoms with Crippen LogP contribution in [0.2, 0.25) is 0 Å². The van der Waals surface area contributed by atoms with Gasteiger partial charge in [-0.1, -0.05) is 48.0 Å². The maximum Gasteiger partial charge on any atom is 0.251 e. The summed E-state index contributed by atoms with van der Waals surface area (Å²) in [5.74, 6) is -0.393. The van der Waals surface area contributed by atoms with Crippen molar-refractivity contribution in [3.63, 3.8) is 0 Å². The second-order valence-electron chi connectivity index (χ2n) is 7.31. The van der Waals surface area contributed by atoms with Crippen molar-refractivity contribution in [1.29, 1.82) is 0 Å². The SMILES string of the molecule is Cc1ccc([C@@H](C)NC(=O)c2ccc3cnn(Cc4ccc(F)cc4)c3c2)cc1. The molecule has 29 heavy (non-hydrogen) atoms. The minimum absolute atomic E-state index is 0.0945. The number of fused-ring (bicyclic) bond motifs is 1. The van der Waals surface area contributed by atoms with Gasteiger partial charge in [-0.2, -0.15) is 5.10 Å². The van der Waals surface area contributed by atoms with Gasteiger partial charge in [0.05, 0.1) is 24.3 Å². The summed E-state index contributed by atoms with van der Waals surface area (Å²) in [6.45, 7) is 4.52. The Labute approximate surface area is 169 Å². The Morgan fingerprint density at radius 2 is 1.79 bits per heavy atom. The Balaban J connectivity index is 1.55. The highest BCUT2D eigenvalue weighted by Crippen LogP contribution is 2.19. The molecule has 4 rings (SSSR count). The number of carbonyl (C=O) groups excluding carboxylic acids is 1. The van der Waals surface area contributed by atoms with Gasteiger partial charge >= 0.3 is 0 Å².